The fourth-order valence-electron chi connectivity index (χ4n) is 2.19. The van der Waals surface area contributed by atoms with Crippen LogP contribution in [0.4, 0.5) is 0 Å². The number of nitrogens with one attached hydrogen (secondary N) is 1. The van der Waals surface area contributed by atoms with Crippen LogP contribution in [-0.2, 0) is 14.8 Å². The topological polar surface area (TPSA) is 82.4 Å². The van der Waals surface area contributed by atoms with Crippen molar-refractivity contribution in [3.8, 4) is 6.07 Å². The Morgan fingerprint density at radius 2 is 2.14 bits per heavy atom. The van der Waals surface area contributed by atoms with E-state index in [1.165, 1.54) is 12.1 Å². The highest BCUT2D eigenvalue weighted by molar-refractivity contribution is 7.89. The van der Waals surface area contributed by atoms with Gasteiger partial charge in [-0.25, -0.2) is 13.1 Å². The van der Waals surface area contributed by atoms with Crippen LogP contribution < -0.4 is 4.72 Å². The normalized spacial score (nSPS) is 18.1. The van der Waals surface area contributed by atoms with Crippen molar-refractivity contribution in [2.75, 3.05) is 32.8 Å². The summed E-state index contributed by atoms with van der Waals surface area (Å²) < 4.78 is 32.3. The van der Waals surface area contributed by atoms with Crippen molar-refractivity contribution in [1.82, 2.24) is 9.62 Å². The van der Waals surface area contributed by atoms with Gasteiger partial charge in [-0.05, 0) is 25.1 Å². The molecule has 1 aliphatic rings. The average Bonchev–Trinajstić information content (AvgIpc) is 2.53. The largest absolute Gasteiger partial charge is 0.379 e. The summed E-state index contributed by atoms with van der Waals surface area (Å²) in [5.74, 6) is 0. The predicted octanol–water partition coefficient (Wildman–Crippen LogP) is 0.557. The molecule has 0 radical (unpaired) electrons. The van der Waals surface area contributed by atoms with Gasteiger partial charge in [-0.3, -0.25) is 4.90 Å². The van der Waals surface area contributed by atoms with E-state index in [0.717, 1.165) is 13.1 Å². The van der Waals surface area contributed by atoms with Gasteiger partial charge in [-0.1, -0.05) is 6.07 Å². The lowest BCUT2D eigenvalue weighted by Gasteiger charge is -2.32. The molecule has 0 aromatic heterocycles. The second-order valence-electron chi connectivity index (χ2n) is 4.99. The van der Waals surface area contributed by atoms with Gasteiger partial charge < -0.3 is 4.74 Å². The van der Waals surface area contributed by atoms with Crippen molar-refractivity contribution < 1.29 is 13.2 Å². The molecule has 21 heavy (non-hydrogen) atoms. The van der Waals surface area contributed by atoms with E-state index in [1.54, 1.807) is 12.1 Å². The Balaban J connectivity index is 1.99. The third-order valence-corrected chi connectivity index (χ3v) is 4.93. The highest BCUT2D eigenvalue weighted by atomic mass is 32.2. The molecular weight excluding hydrogens is 290 g/mol. The highest BCUT2D eigenvalue weighted by Crippen LogP contribution is 2.11. The van der Waals surface area contributed by atoms with Crippen LogP contribution in [0, 0.1) is 11.3 Å². The molecule has 1 heterocycles. The molecule has 2 rings (SSSR count). The first-order valence-corrected chi connectivity index (χ1v) is 8.33. The molecule has 0 saturated carbocycles. The molecule has 6 nitrogen and oxygen atoms in total. The van der Waals surface area contributed by atoms with Crippen LogP contribution in [0.25, 0.3) is 0 Å². The summed E-state index contributed by atoms with van der Waals surface area (Å²) in [7, 11) is -3.59. The van der Waals surface area contributed by atoms with Crippen LogP contribution >= 0.6 is 0 Å². The molecule has 1 saturated heterocycles. The maximum Gasteiger partial charge on any atom is 0.240 e. The quantitative estimate of drug-likeness (QED) is 0.859. The summed E-state index contributed by atoms with van der Waals surface area (Å²) in [4.78, 5) is 2.31. The Kier molecular flexibility index (Phi) is 5.31. The lowest BCUT2D eigenvalue weighted by molar-refractivity contribution is 0.0213. The number of hydrogen-bond acceptors (Lipinski definition) is 5. The van der Waals surface area contributed by atoms with Gasteiger partial charge in [-0.2, -0.15) is 5.26 Å². The first-order valence-electron chi connectivity index (χ1n) is 6.84. The summed E-state index contributed by atoms with van der Waals surface area (Å²) in [6.45, 7) is 5.31. The van der Waals surface area contributed by atoms with E-state index in [-0.39, 0.29) is 10.9 Å². The maximum atomic E-state index is 12.2. The van der Waals surface area contributed by atoms with Crippen molar-refractivity contribution in [2.45, 2.75) is 17.9 Å². The van der Waals surface area contributed by atoms with Crippen molar-refractivity contribution in [2.24, 2.45) is 0 Å². The van der Waals surface area contributed by atoms with Crippen LogP contribution in [0.3, 0.4) is 0 Å². The van der Waals surface area contributed by atoms with Crippen molar-refractivity contribution in [1.29, 1.82) is 5.26 Å². The fourth-order valence-corrected chi connectivity index (χ4v) is 3.36. The molecule has 1 aromatic carbocycles. The Morgan fingerprint density at radius 3 is 2.81 bits per heavy atom. The molecule has 0 amide bonds. The number of sulfonamides is 1. The van der Waals surface area contributed by atoms with Gasteiger partial charge in [0.05, 0.1) is 29.7 Å². The van der Waals surface area contributed by atoms with Gasteiger partial charge in [0.15, 0.2) is 0 Å². The molecule has 0 aliphatic carbocycles. The molecule has 7 heteroatoms. The smallest absolute Gasteiger partial charge is 0.240 e. The number of nitriles is 1. The molecule has 0 bridgehead atoms. The fraction of sp³-hybridized carbons (Fsp3) is 0.500. The van der Waals surface area contributed by atoms with E-state index >= 15 is 0 Å². The zero-order valence-corrected chi connectivity index (χ0v) is 12.8. The van der Waals surface area contributed by atoms with Crippen molar-refractivity contribution in [3.05, 3.63) is 29.8 Å². The number of morpholine rings is 1. The highest BCUT2D eigenvalue weighted by Gasteiger charge is 2.20. The molecule has 0 spiro atoms. The minimum absolute atomic E-state index is 0.0998. The summed E-state index contributed by atoms with van der Waals surface area (Å²) in [6, 6.07) is 8.05. The lowest BCUT2D eigenvalue weighted by atomic mass is 10.2. The van der Waals surface area contributed by atoms with Gasteiger partial charge in [0.2, 0.25) is 10.0 Å². The number of benzene rings is 1. The average molecular weight is 309 g/mol. The molecule has 0 unspecified atom stereocenters. The van der Waals surface area contributed by atoms with Crippen molar-refractivity contribution in [3.63, 3.8) is 0 Å². The van der Waals surface area contributed by atoms with Crippen LogP contribution in [0.2, 0.25) is 0 Å². The molecule has 1 aliphatic heterocycles. The first kappa shape index (κ1) is 15.9. The van der Waals surface area contributed by atoms with Crippen LogP contribution in [0.15, 0.2) is 29.2 Å². The SMILES string of the molecule is C[C@@H](CNS(=O)(=O)c1cccc(C#N)c1)N1CCOCC1. The van der Waals surface area contributed by atoms with Crippen LogP contribution in [0.1, 0.15) is 12.5 Å². The summed E-state index contributed by atoms with van der Waals surface area (Å²) in [5.41, 5.74) is 0.333. The monoisotopic (exact) mass is 309 g/mol. The Labute approximate surface area is 125 Å². The number of hydrogen-bond donors (Lipinski definition) is 1. The molecule has 1 fully saturated rings. The molecular formula is C14H19N3O3S. The number of ether oxygens (including phenoxy) is 1. The maximum absolute atomic E-state index is 12.2. The van der Waals surface area contributed by atoms with E-state index in [0.29, 0.717) is 25.3 Å². The van der Waals surface area contributed by atoms with Crippen molar-refractivity contribution >= 4 is 10.0 Å². The summed E-state index contributed by atoms with van der Waals surface area (Å²) in [6.07, 6.45) is 0. The van der Waals surface area contributed by atoms with Gasteiger partial charge >= 0.3 is 0 Å². The standard InChI is InChI=1S/C14H19N3O3S/c1-12(17-5-7-20-8-6-17)11-16-21(18,19)14-4-2-3-13(9-14)10-15/h2-4,9,12,16H,5-8,11H2,1H3/t12-/m0/s1. The van der Waals surface area contributed by atoms with E-state index in [9.17, 15) is 8.42 Å². The molecule has 114 valence electrons. The Bertz CT molecular complexity index is 619. The summed E-state index contributed by atoms with van der Waals surface area (Å²) in [5, 5.41) is 8.83. The van der Waals surface area contributed by atoms with E-state index in [4.69, 9.17) is 10.00 Å². The predicted molar refractivity (Wildman–Crippen MR) is 78.2 cm³/mol. The third kappa shape index (κ3) is 4.25. The van der Waals surface area contributed by atoms with E-state index in [1.807, 2.05) is 13.0 Å². The molecule has 1 aromatic rings. The zero-order chi connectivity index (χ0) is 15.3. The van der Waals surface area contributed by atoms with Gasteiger partial charge in [0.1, 0.15) is 0 Å². The zero-order valence-electron chi connectivity index (χ0n) is 11.9. The van der Waals surface area contributed by atoms with Crippen LogP contribution in [-0.4, -0.2) is 52.2 Å². The number of rotatable bonds is 5. The second-order valence-corrected chi connectivity index (χ2v) is 6.76. The molecule has 1 atom stereocenters. The van der Waals surface area contributed by atoms with E-state index < -0.39 is 10.0 Å². The first-order chi connectivity index (χ1) is 10.0. The summed E-state index contributed by atoms with van der Waals surface area (Å²) >= 11 is 0. The third-order valence-electron chi connectivity index (χ3n) is 3.51. The van der Waals surface area contributed by atoms with Gasteiger partial charge in [-0.15, -0.1) is 0 Å². The van der Waals surface area contributed by atoms with Crippen LogP contribution in [0.5, 0.6) is 0 Å². The Hall–Kier alpha value is -1.46. The number of nitrogens with zero attached hydrogens (tertiary/aromatic N) is 2. The second kappa shape index (κ2) is 7.00. The minimum Gasteiger partial charge on any atom is -0.379 e. The van der Waals surface area contributed by atoms with E-state index in [2.05, 4.69) is 9.62 Å². The van der Waals surface area contributed by atoms with Gasteiger partial charge in [0, 0.05) is 25.7 Å². The lowest BCUT2D eigenvalue weighted by Crippen LogP contribution is -2.47. The molecule has 1 N–H and O–H groups in total. The van der Waals surface area contributed by atoms with Gasteiger partial charge in [0.25, 0.3) is 0 Å². The Morgan fingerprint density at radius 1 is 1.43 bits per heavy atom. The minimum atomic E-state index is -3.59.